The summed E-state index contributed by atoms with van der Waals surface area (Å²) in [4.78, 5) is 20.7. The number of rotatable bonds is 7. The molecule has 0 aliphatic rings. The number of aliphatic hydroxyl groups excluding tert-OH is 1. The molecule has 0 unspecified atom stereocenters. The maximum absolute atomic E-state index is 13.9. The first-order valence-corrected chi connectivity index (χ1v) is 10.7. The van der Waals surface area contributed by atoms with Gasteiger partial charge in [0.15, 0.2) is 11.5 Å². The average molecular weight is 522 g/mol. The number of halogens is 5. The first-order chi connectivity index (χ1) is 17.5. The van der Waals surface area contributed by atoms with Crippen LogP contribution < -0.4 is 15.8 Å². The van der Waals surface area contributed by atoms with E-state index in [0.717, 1.165) is 24.3 Å². The number of carbonyl (C=O) groups is 1. The molecule has 0 saturated carbocycles. The lowest BCUT2D eigenvalue weighted by Crippen LogP contribution is -2.27. The topological polar surface area (TPSA) is 124 Å². The number of pyridine rings is 1. The summed E-state index contributed by atoms with van der Waals surface area (Å²) in [6.45, 7) is -1.17. The molecule has 37 heavy (non-hydrogen) atoms. The summed E-state index contributed by atoms with van der Waals surface area (Å²) < 4.78 is 78.4. The van der Waals surface area contributed by atoms with Gasteiger partial charge in [0.05, 0.1) is 19.8 Å². The lowest BCUT2D eigenvalue weighted by atomic mass is 10.1. The van der Waals surface area contributed by atoms with Crippen LogP contribution in [-0.2, 0) is 12.7 Å². The summed E-state index contributed by atoms with van der Waals surface area (Å²) in [7, 11) is 1.26. The van der Waals surface area contributed by atoms with Gasteiger partial charge in [-0.1, -0.05) is 6.07 Å². The van der Waals surface area contributed by atoms with E-state index in [1.54, 1.807) is 0 Å². The van der Waals surface area contributed by atoms with Crippen LogP contribution in [0.5, 0.6) is 5.75 Å². The van der Waals surface area contributed by atoms with Crippen molar-refractivity contribution in [2.45, 2.75) is 18.8 Å². The molecule has 0 aliphatic carbocycles. The Morgan fingerprint density at radius 2 is 1.84 bits per heavy atom. The number of alkyl halides is 3. The van der Waals surface area contributed by atoms with Crippen molar-refractivity contribution in [1.82, 2.24) is 15.3 Å². The third kappa shape index (κ3) is 5.08. The molecule has 2 aromatic heterocycles. The zero-order valence-electron chi connectivity index (χ0n) is 19.1. The number of hydrogen-bond acceptors (Lipinski definition) is 7. The largest absolute Gasteiger partial charge is 0.494 e. The van der Waals surface area contributed by atoms with Crippen molar-refractivity contribution in [3.05, 3.63) is 76.8 Å². The number of nitrogens with zero attached hydrogens (tertiary/aromatic N) is 2. The average Bonchev–Trinajstić information content (AvgIpc) is 3.31. The van der Waals surface area contributed by atoms with Crippen molar-refractivity contribution in [3.8, 4) is 17.2 Å². The van der Waals surface area contributed by atoms with Gasteiger partial charge < -0.3 is 25.3 Å². The van der Waals surface area contributed by atoms with E-state index in [0.29, 0.717) is 0 Å². The lowest BCUT2D eigenvalue weighted by Gasteiger charge is -2.11. The van der Waals surface area contributed by atoms with Gasteiger partial charge in [-0.05, 0) is 36.4 Å². The lowest BCUT2D eigenvalue weighted by molar-refractivity contribution is -0.140. The van der Waals surface area contributed by atoms with Gasteiger partial charge in [-0.3, -0.25) is 4.79 Å². The molecular weight excluding hydrogens is 503 g/mol. The maximum Gasteiger partial charge on any atom is 0.433 e. The number of oxazole rings is 1. The molecule has 0 fully saturated rings. The molecule has 13 heteroatoms. The standard InChI is InChI=1S/C24H19F5N4O4/c1-36-17-7-5-12(11-6-8-18(24(27,28)29)32-19(11)17)23-33-20(21(37-23)16(30)10-34)22(35)31-9-13-14(25)3-2-4-15(13)26/h2-8,16,34H,9-10,30H2,1H3,(H,31,35)/t16-/m0/s1. The molecule has 0 bridgehead atoms. The van der Waals surface area contributed by atoms with Crippen LogP contribution in [0.3, 0.4) is 0 Å². The van der Waals surface area contributed by atoms with Crippen molar-refractivity contribution >= 4 is 16.8 Å². The fourth-order valence-corrected chi connectivity index (χ4v) is 3.60. The van der Waals surface area contributed by atoms with Gasteiger partial charge in [-0.15, -0.1) is 0 Å². The highest BCUT2D eigenvalue weighted by atomic mass is 19.4. The molecule has 0 aliphatic heterocycles. The number of ether oxygens (including phenoxy) is 1. The highest BCUT2D eigenvalue weighted by molar-refractivity contribution is 5.98. The number of carbonyl (C=O) groups excluding carboxylic acids is 1. The highest BCUT2D eigenvalue weighted by Gasteiger charge is 2.33. The van der Waals surface area contributed by atoms with Crippen LogP contribution in [-0.4, -0.2) is 34.7 Å². The van der Waals surface area contributed by atoms with E-state index in [1.807, 2.05) is 0 Å². The summed E-state index contributed by atoms with van der Waals surface area (Å²) >= 11 is 0. The number of benzene rings is 2. The Bertz CT molecular complexity index is 1450. The van der Waals surface area contributed by atoms with Crippen LogP contribution >= 0.6 is 0 Å². The summed E-state index contributed by atoms with van der Waals surface area (Å²) in [5.74, 6) is -3.06. The normalized spacial score (nSPS) is 12.5. The van der Waals surface area contributed by atoms with Crippen LogP contribution in [0.1, 0.15) is 33.5 Å². The minimum atomic E-state index is -4.71. The molecule has 4 aromatic rings. The third-order valence-electron chi connectivity index (χ3n) is 5.45. The summed E-state index contributed by atoms with van der Waals surface area (Å²) in [5.41, 5.74) is 3.97. The van der Waals surface area contributed by atoms with E-state index >= 15 is 0 Å². The molecule has 4 rings (SSSR count). The number of hydrogen-bond donors (Lipinski definition) is 3. The van der Waals surface area contributed by atoms with Crippen LogP contribution in [0, 0.1) is 11.6 Å². The van der Waals surface area contributed by atoms with Gasteiger partial charge in [0.1, 0.15) is 28.6 Å². The molecule has 1 amide bonds. The van der Waals surface area contributed by atoms with Gasteiger partial charge >= 0.3 is 6.18 Å². The molecule has 0 radical (unpaired) electrons. The molecular formula is C24H19F5N4O4. The number of aliphatic hydroxyl groups is 1. The van der Waals surface area contributed by atoms with Crippen LogP contribution in [0.15, 0.2) is 46.9 Å². The zero-order chi connectivity index (χ0) is 26.9. The quantitative estimate of drug-likeness (QED) is 0.312. The van der Waals surface area contributed by atoms with Crippen LogP contribution in [0.4, 0.5) is 22.0 Å². The molecule has 8 nitrogen and oxygen atoms in total. The summed E-state index contributed by atoms with van der Waals surface area (Å²) in [6.07, 6.45) is -4.71. The number of methoxy groups -OCH3 is 1. The molecule has 1 atom stereocenters. The number of amides is 1. The Kier molecular flexibility index (Phi) is 7.09. The van der Waals surface area contributed by atoms with Crippen molar-refractivity contribution in [1.29, 1.82) is 0 Å². The van der Waals surface area contributed by atoms with Gasteiger partial charge in [0.25, 0.3) is 5.91 Å². The minimum absolute atomic E-state index is 0.0496. The smallest absolute Gasteiger partial charge is 0.433 e. The molecule has 2 aromatic carbocycles. The second kappa shape index (κ2) is 10.1. The Balaban J connectivity index is 1.77. The first-order valence-electron chi connectivity index (χ1n) is 10.7. The number of fused-ring (bicyclic) bond motifs is 1. The molecule has 0 spiro atoms. The van der Waals surface area contributed by atoms with Crippen molar-refractivity contribution in [2.75, 3.05) is 13.7 Å². The van der Waals surface area contributed by atoms with Gasteiger partial charge in [0, 0.05) is 23.1 Å². The fraction of sp³-hybridized carbons (Fsp3) is 0.208. The minimum Gasteiger partial charge on any atom is -0.494 e. The van der Waals surface area contributed by atoms with Gasteiger partial charge in [-0.25, -0.2) is 18.7 Å². The maximum atomic E-state index is 13.9. The van der Waals surface area contributed by atoms with Crippen molar-refractivity contribution in [3.63, 3.8) is 0 Å². The Morgan fingerprint density at radius 1 is 1.14 bits per heavy atom. The Morgan fingerprint density at radius 3 is 2.46 bits per heavy atom. The Hall–Kier alpha value is -4.10. The molecule has 2 heterocycles. The van der Waals surface area contributed by atoms with Gasteiger partial charge in [0.2, 0.25) is 5.89 Å². The van der Waals surface area contributed by atoms with E-state index < -0.39 is 48.6 Å². The number of nitrogens with two attached hydrogens (primary N) is 1. The summed E-state index contributed by atoms with van der Waals surface area (Å²) in [6, 6.07) is 6.73. The third-order valence-corrected chi connectivity index (χ3v) is 5.45. The van der Waals surface area contributed by atoms with E-state index in [1.165, 1.54) is 25.3 Å². The number of aromatic nitrogens is 2. The second-order valence-corrected chi connectivity index (χ2v) is 7.81. The number of nitrogens with one attached hydrogen (secondary N) is 1. The van der Waals surface area contributed by atoms with Gasteiger partial charge in [-0.2, -0.15) is 13.2 Å². The highest BCUT2D eigenvalue weighted by Crippen LogP contribution is 2.37. The second-order valence-electron chi connectivity index (χ2n) is 7.81. The van der Waals surface area contributed by atoms with E-state index in [-0.39, 0.29) is 45.1 Å². The van der Waals surface area contributed by atoms with Crippen molar-refractivity contribution < 1.29 is 41.0 Å². The van der Waals surface area contributed by atoms with Crippen LogP contribution in [0.2, 0.25) is 0 Å². The fourth-order valence-electron chi connectivity index (χ4n) is 3.60. The molecule has 4 N–H and O–H groups in total. The Labute approximate surface area is 205 Å². The predicted molar refractivity (Wildman–Crippen MR) is 120 cm³/mol. The van der Waals surface area contributed by atoms with Crippen LogP contribution in [0.25, 0.3) is 22.4 Å². The first kappa shape index (κ1) is 26.0. The van der Waals surface area contributed by atoms with Crippen molar-refractivity contribution in [2.24, 2.45) is 5.73 Å². The van der Waals surface area contributed by atoms with E-state index in [9.17, 15) is 31.9 Å². The molecule has 0 saturated heterocycles. The van der Waals surface area contributed by atoms with E-state index in [2.05, 4.69) is 15.3 Å². The predicted octanol–water partition coefficient (Wildman–Crippen LogP) is 4.12. The van der Waals surface area contributed by atoms with E-state index in [4.69, 9.17) is 14.9 Å². The summed E-state index contributed by atoms with van der Waals surface area (Å²) in [5, 5.41) is 12.0. The monoisotopic (exact) mass is 522 g/mol. The molecule has 194 valence electrons. The SMILES string of the molecule is COc1ccc(-c2nc(C(=O)NCc3c(F)cccc3F)c([C@@H](N)CO)o2)c2ccc(C(F)(F)F)nc12. The zero-order valence-corrected chi connectivity index (χ0v) is 19.1.